The second kappa shape index (κ2) is 8.66. The second-order valence-corrected chi connectivity index (χ2v) is 5.83. The van der Waals surface area contributed by atoms with E-state index in [2.05, 4.69) is 45.1 Å². The summed E-state index contributed by atoms with van der Waals surface area (Å²) in [6, 6.07) is 0. The molecule has 0 saturated heterocycles. The van der Waals surface area contributed by atoms with Crippen LogP contribution < -0.4 is 5.32 Å². The summed E-state index contributed by atoms with van der Waals surface area (Å²) in [5, 5.41) is 3.33. The molecule has 0 aliphatic carbocycles. The van der Waals surface area contributed by atoms with Crippen molar-refractivity contribution in [1.29, 1.82) is 0 Å². The molecule has 120 valence electrons. The number of hydrogen-bond acceptors (Lipinski definition) is 5. The van der Waals surface area contributed by atoms with Gasteiger partial charge in [-0.2, -0.15) is 0 Å². The first-order valence-corrected chi connectivity index (χ1v) is 8.25. The first-order valence-electron chi connectivity index (χ1n) is 7.46. The molecule has 1 atom stereocenters. The van der Waals surface area contributed by atoms with Gasteiger partial charge in [0.25, 0.3) is 0 Å². The van der Waals surface area contributed by atoms with Gasteiger partial charge in [-0.25, -0.2) is 9.97 Å². The van der Waals surface area contributed by atoms with Crippen LogP contribution >= 0.6 is 15.9 Å². The highest BCUT2D eigenvalue weighted by atomic mass is 79.9. The number of methoxy groups -OCH3 is 1. The van der Waals surface area contributed by atoms with Gasteiger partial charge in [-0.1, -0.05) is 13.8 Å². The molecule has 0 aliphatic heterocycles. The van der Waals surface area contributed by atoms with Gasteiger partial charge in [0.15, 0.2) is 5.82 Å². The number of nitrogens with one attached hydrogen (secondary N) is 1. The highest BCUT2D eigenvalue weighted by molar-refractivity contribution is 9.10. The molecule has 0 aliphatic rings. The van der Waals surface area contributed by atoms with Gasteiger partial charge in [-0.3, -0.25) is 0 Å². The van der Waals surface area contributed by atoms with Gasteiger partial charge < -0.3 is 14.8 Å². The summed E-state index contributed by atoms with van der Waals surface area (Å²) in [5.74, 6) is 1.49. The van der Waals surface area contributed by atoms with E-state index < -0.39 is 5.60 Å². The predicted molar refractivity (Wildman–Crippen MR) is 88.5 cm³/mol. The first-order chi connectivity index (χ1) is 10.0. The van der Waals surface area contributed by atoms with Gasteiger partial charge in [0.1, 0.15) is 11.4 Å². The minimum atomic E-state index is -0.486. The van der Waals surface area contributed by atoms with Crippen LogP contribution in [0.3, 0.4) is 0 Å². The fourth-order valence-corrected chi connectivity index (χ4v) is 2.40. The maximum atomic E-state index is 5.89. The fraction of sp³-hybridized carbons (Fsp3) is 0.733. The molecule has 21 heavy (non-hydrogen) atoms. The molecule has 0 bridgehead atoms. The lowest BCUT2D eigenvalue weighted by atomic mass is 10.0. The van der Waals surface area contributed by atoms with Crippen LogP contribution in [0, 0.1) is 0 Å². The van der Waals surface area contributed by atoms with E-state index in [0.29, 0.717) is 19.0 Å². The molecule has 1 unspecified atom stereocenters. The second-order valence-electron chi connectivity index (χ2n) is 5.03. The first kappa shape index (κ1) is 18.3. The Morgan fingerprint density at radius 3 is 2.48 bits per heavy atom. The molecule has 1 heterocycles. The molecule has 0 aromatic carbocycles. The van der Waals surface area contributed by atoms with Gasteiger partial charge in [0, 0.05) is 20.3 Å². The molecule has 1 aromatic rings. The largest absolute Gasteiger partial charge is 0.378 e. The molecule has 6 heteroatoms. The topological polar surface area (TPSA) is 56.3 Å². The average Bonchev–Trinajstić information content (AvgIpc) is 2.48. The maximum absolute atomic E-state index is 5.89. The molecule has 1 N–H and O–H groups in total. The normalized spacial score (nSPS) is 14.0. The van der Waals surface area contributed by atoms with Crippen molar-refractivity contribution in [3.63, 3.8) is 0 Å². The Labute approximate surface area is 136 Å². The summed E-state index contributed by atoms with van der Waals surface area (Å²) in [6.07, 6.45) is 1.84. The van der Waals surface area contributed by atoms with Crippen LogP contribution in [0.1, 0.15) is 52.1 Å². The van der Waals surface area contributed by atoms with Gasteiger partial charge in [-0.05, 0) is 42.6 Å². The Bertz CT molecular complexity index is 457. The van der Waals surface area contributed by atoms with Crippen LogP contribution in [0.15, 0.2) is 4.47 Å². The maximum Gasteiger partial charge on any atom is 0.162 e. The van der Waals surface area contributed by atoms with Crippen LogP contribution in [-0.2, 0) is 21.7 Å². The summed E-state index contributed by atoms with van der Waals surface area (Å²) in [7, 11) is 1.66. The van der Waals surface area contributed by atoms with E-state index in [1.807, 2.05) is 13.8 Å². The van der Waals surface area contributed by atoms with Gasteiger partial charge >= 0.3 is 0 Å². The molecule has 0 radical (unpaired) electrons. The highest BCUT2D eigenvalue weighted by Gasteiger charge is 2.30. The minimum Gasteiger partial charge on any atom is -0.378 e. The van der Waals surface area contributed by atoms with Gasteiger partial charge in [-0.15, -0.1) is 0 Å². The standard InChI is InChI=1S/C15H26BrN3O2/c1-6-9-17-13-12(16)11(10-20-5)18-14(19-13)15(4,7-2)21-8-3/h6-10H2,1-5H3,(H,17,18,19). The molecule has 0 fully saturated rings. The Balaban J connectivity index is 3.27. The predicted octanol–water partition coefficient (Wildman–Crippen LogP) is 3.87. The van der Waals surface area contributed by atoms with Crippen molar-refractivity contribution < 1.29 is 9.47 Å². The van der Waals surface area contributed by atoms with Crippen molar-refractivity contribution in [2.75, 3.05) is 25.6 Å². The molecule has 0 spiro atoms. The van der Waals surface area contributed by atoms with E-state index in [-0.39, 0.29) is 0 Å². The van der Waals surface area contributed by atoms with E-state index in [0.717, 1.165) is 35.4 Å². The summed E-state index contributed by atoms with van der Waals surface area (Å²) in [5.41, 5.74) is 0.348. The van der Waals surface area contributed by atoms with E-state index in [1.165, 1.54) is 0 Å². The number of halogens is 1. The number of rotatable bonds is 9. The zero-order chi connectivity index (χ0) is 15.9. The number of ether oxygens (including phenoxy) is 2. The van der Waals surface area contributed by atoms with Crippen LogP contribution in [0.2, 0.25) is 0 Å². The van der Waals surface area contributed by atoms with Gasteiger partial charge in [0.05, 0.1) is 16.8 Å². The van der Waals surface area contributed by atoms with Crippen LogP contribution in [0.4, 0.5) is 5.82 Å². The fourth-order valence-electron chi connectivity index (χ4n) is 1.97. The summed E-state index contributed by atoms with van der Waals surface area (Å²) < 4.78 is 12.0. The molecule has 1 aromatic heterocycles. The summed E-state index contributed by atoms with van der Waals surface area (Å²) >= 11 is 3.57. The Morgan fingerprint density at radius 1 is 1.24 bits per heavy atom. The SMILES string of the molecule is CCCNc1nc(C(C)(CC)OCC)nc(COC)c1Br. The quantitative estimate of drug-likeness (QED) is 0.725. The average molecular weight is 360 g/mol. The Hall–Kier alpha value is -0.720. The van der Waals surface area contributed by atoms with E-state index in [9.17, 15) is 0 Å². The van der Waals surface area contributed by atoms with Crippen molar-refractivity contribution in [2.45, 2.75) is 52.7 Å². The van der Waals surface area contributed by atoms with E-state index >= 15 is 0 Å². The third-order valence-corrected chi connectivity index (χ3v) is 4.19. The monoisotopic (exact) mass is 359 g/mol. The highest BCUT2D eigenvalue weighted by Crippen LogP contribution is 2.31. The van der Waals surface area contributed by atoms with Crippen LogP contribution in [0.5, 0.6) is 0 Å². The molecular weight excluding hydrogens is 334 g/mol. The molecule has 0 amide bonds. The molecule has 0 saturated carbocycles. The molecule has 5 nitrogen and oxygen atoms in total. The van der Waals surface area contributed by atoms with Crippen molar-refractivity contribution in [3.8, 4) is 0 Å². The van der Waals surface area contributed by atoms with Crippen LogP contribution in [-0.4, -0.2) is 30.2 Å². The van der Waals surface area contributed by atoms with Crippen molar-refractivity contribution >= 4 is 21.7 Å². The smallest absolute Gasteiger partial charge is 0.162 e. The minimum absolute atomic E-state index is 0.433. The van der Waals surface area contributed by atoms with Gasteiger partial charge in [0.2, 0.25) is 0 Å². The molecular formula is C15H26BrN3O2. The van der Waals surface area contributed by atoms with E-state index in [1.54, 1.807) is 7.11 Å². The zero-order valence-corrected chi connectivity index (χ0v) is 15.2. The number of aromatic nitrogens is 2. The number of nitrogens with zero attached hydrogens (tertiary/aromatic N) is 2. The molecule has 1 rings (SSSR count). The van der Waals surface area contributed by atoms with Crippen molar-refractivity contribution in [1.82, 2.24) is 9.97 Å². The lowest BCUT2D eigenvalue weighted by Crippen LogP contribution is -2.29. The zero-order valence-electron chi connectivity index (χ0n) is 13.6. The van der Waals surface area contributed by atoms with E-state index in [4.69, 9.17) is 9.47 Å². The third kappa shape index (κ3) is 4.63. The van der Waals surface area contributed by atoms with Crippen molar-refractivity contribution in [3.05, 3.63) is 16.0 Å². The summed E-state index contributed by atoms with van der Waals surface area (Å²) in [6.45, 7) is 10.1. The lowest BCUT2D eigenvalue weighted by molar-refractivity contribution is -0.0392. The number of hydrogen-bond donors (Lipinski definition) is 1. The van der Waals surface area contributed by atoms with Crippen molar-refractivity contribution in [2.24, 2.45) is 0 Å². The lowest BCUT2D eigenvalue weighted by Gasteiger charge is -2.27. The number of anilines is 1. The van der Waals surface area contributed by atoms with Crippen LogP contribution in [0.25, 0.3) is 0 Å². The summed E-state index contributed by atoms with van der Waals surface area (Å²) in [4.78, 5) is 9.31. The Kier molecular flexibility index (Phi) is 7.56. The Morgan fingerprint density at radius 2 is 1.95 bits per heavy atom. The third-order valence-electron chi connectivity index (χ3n) is 3.35.